The Hall–Kier alpha value is 0.0200. The van der Waals surface area contributed by atoms with Crippen molar-refractivity contribution in [3.05, 3.63) is 278 Å². The van der Waals surface area contributed by atoms with Crippen LogP contribution in [-0.2, 0) is 62.5 Å². The van der Waals surface area contributed by atoms with Crippen LogP contribution in [0, 0.1) is 195 Å². The normalized spacial score (nSPS) is 32.6. The van der Waals surface area contributed by atoms with Crippen LogP contribution in [0.3, 0.4) is 0 Å². The molecule has 6 aromatic carbocycles. The van der Waals surface area contributed by atoms with Gasteiger partial charge in [0.2, 0.25) is 0 Å². The van der Waals surface area contributed by atoms with Gasteiger partial charge in [0.15, 0.2) is 0 Å². The molecule has 0 N–H and O–H groups in total. The van der Waals surface area contributed by atoms with Crippen molar-refractivity contribution < 1.29 is 62.5 Å². The Morgan fingerprint density at radius 2 is 0.571 bits per heavy atom. The first-order chi connectivity index (χ1) is 57.2. The number of fused-ring (bicyclic) bond motifs is 6. The predicted molar refractivity (Wildman–Crippen MR) is 569 cm³/mol. The number of hydrogen-bond donors (Lipinski definition) is 0. The van der Waals surface area contributed by atoms with Crippen molar-refractivity contribution >= 4 is 121 Å². The van der Waals surface area contributed by atoms with Gasteiger partial charge >= 0.3 is 114 Å². The second-order valence-corrected chi connectivity index (χ2v) is 71.4. The molecule has 8 fully saturated rings. The van der Waals surface area contributed by atoms with Crippen LogP contribution in [0.1, 0.15) is 235 Å². The van der Waals surface area contributed by atoms with Crippen LogP contribution in [0.2, 0.25) is 72.5 Å². The van der Waals surface area contributed by atoms with E-state index in [2.05, 4.69) is 319 Å². The Morgan fingerprint density at radius 1 is 0.294 bits per heavy atom. The van der Waals surface area contributed by atoms with E-state index in [1.165, 1.54) is 146 Å². The van der Waals surface area contributed by atoms with Crippen molar-refractivity contribution in [1.29, 1.82) is 0 Å². The van der Waals surface area contributed by atoms with Gasteiger partial charge in [-0.3, -0.25) is 0 Å². The molecule has 0 aromatic heterocycles. The third kappa shape index (κ3) is 22.6. The molecule has 0 bridgehead atoms. The zero-order valence-corrected chi connectivity index (χ0v) is 99.4. The van der Waals surface area contributed by atoms with Gasteiger partial charge in [0.1, 0.15) is 0 Å². The van der Waals surface area contributed by atoms with E-state index in [9.17, 15) is 0 Å². The molecule has 0 saturated heterocycles. The number of aryl methyl sites for hydroxylation is 8. The summed E-state index contributed by atoms with van der Waals surface area (Å²) in [6.07, 6.45) is 25.3. The van der Waals surface area contributed by atoms with Gasteiger partial charge < -0.3 is 44.6 Å². The Bertz CT molecular complexity index is 4400. The molecule has 26 unspecified atom stereocenters. The molecule has 0 spiro atoms. The third-order valence-electron chi connectivity index (χ3n) is 34.8. The summed E-state index contributed by atoms with van der Waals surface area (Å²) in [5, 5.41) is 1.56. The fourth-order valence-corrected chi connectivity index (χ4v) is 56.5. The molecule has 126 heavy (non-hydrogen) atoms. The summed E-state index contributed by atoms with van der Waals surface area (Å²) in [5.41, 5.74) is 33.7. The van der Waals surface area contributed by atoms with Gasteiger partial charge in [-0.15, -0.1) is 23.5 Å². The zero-order chi connectivity index (χ0) is 86.5. The summed E-state index contributed by atoms with van der Waals surface area (Å²) in [5.74, 6) is 15.5. The molecule has 2 aliphatic heterocycles. The van der Waals surface area contributed by atoms with Crippen LogP contribution >= 0.6 is 74.6 Å². The second kappa shape index (κ2) is 48.5. The standard InChI is InChI=1S/C36H48S2Si.C36H52Si.C34H44Si.6CH3.6ClH.3Zr/c1-19-11-13-21(3)27(15-19)31-25(7)37-33-29(31)17-23(5)35(33)39(9,10)36-24(6)18-30-32(26(8)38-34(30)36)28-16-20(2)12-14-22(28)4;1-23-13-7-9-15-27(23)29-17-11-19-31-33(29)21-25(3)35(31)37(5,6)36-26(4)22-34-30(18-12-20-32(34)36)28-16-10-8-14-24(28)2;1-21-11-7-9-13-25(21)27-15-17-29-31(27)19-23(3)33(29)35(5,6)34-24(4)20-32-28(16-18-30(32)34)26-14-10-8-12-22(26)2;;;;;;;;;;;;;;;/h11-16,23-24,29-30,33-36H,17-18H2,1-10H3;7-10,13-16,25-26,29-36H,11-12,17-22H2,1-6H3;7-16,23-24,29-34H,17-20H2,1-6H3;6*1H3;6*1H;;;/q;;;6*-1;;;;;;;3*+4/p-6. The number of halogens is 6. The van der Waals surface area contributed by atoms with E-state index in [0.717, 1.165) is 150 Å². The van der Waals surface area contributed by atoms with Gasteiger partial charge in [0.25, 0.3) is 0 Å². The van der Waals surface area contributed by atoms with Crippen molar-refractivity contribution in [1.82, 2.24) is 0 Å². The molecule has 8 saturated carbocycles. The van der Waals surface area contributed by atoms with Gasteiger partial charge in [-0.05, 0) is 372 Å². The summed E-state index contributed by atoms with van der Waals surface area (Å²) in [6.45, 7) is 56.2. The Kier molecular flexibility index (Phi) is 43.5. The van der Waals surface area contributed by atoms with Crippen LogP contribution in [0.4, 0.5) is 0 Å². The molecule has 12 aliphatic rings. The molecule has 26 atom stereocenters. The van der Waals surface area contributed by atoms with Crippen LogP contribution in [0.15, 0.2) is 155 Å². The van der Waals surface area contributed by atoms with Crippen molar-refractivity contribution in [2.24, 2.45) is 94.7 Å². The molecule has 0 nitrogen and oxygen atoms in total. The summed E-state index contributed by atoms with van der Waals surface area (Å²) in [7, 11) is 25.0. The Morgan fingerprint density at radius 3 is 0.905 bits per heavy atom. The Labute approximate surface area is 841 Å². The van der Waals surface area contributed by atoms with Gasteiger partial charge in [0.05, 0.1) is 24.2 Å². The molecule has 18 rings (SSSR count). The molecular formula is C112H162Cl6S2Si3Zr3. The molecule has 0 amide bonds. The first-order valence-electron chi connectivity index (χ1n) is 46.6. The summed E-state index contributed by atoms with van der Waals surface area (Å²) in [6, 6.07) is 51.2. The Balaban J connectivity index is 0.000000242. The fourth-order valence-electron chi connectivity index (χ4n) is 31.7. The van der Waals surface area contributed by atoms with Crippen molar-refractivity contribution in [3.8, 4) is 0 Å². The third-order valence-corrected chi connectivity index (χ3v) is 54.4. The molecule has 6 aromatic rings. The molecule has 14 heteroatoms. The first-order valence-corrected chi connectivity index (χ1v) is 76.9. The van der Waals surface area contributed by atoms with Gasteiger partial charge in [0, 0.05) is 10.5 Å². The number of benzene rings is 6. The molecular weight excluding hydrogens is 1980 g/mol. The number of thioether (sulfide) groups is 2. The minimum atomic E-state index is -1.60. The topological polar surface area (TPSA) is 0 Å². The second-order valence-electron chi connectivity index (χ2n) is 42.5. The quantitative estimate of drug-likeness (QED) is 0.0885. The summed E-state index contributed by atoms with van der Waals surface area (Å²) >= 11 is 2.08. The average Bonchev–Trinajstić information content (AvgIpc) is 1.55. The number of hydrogen-bond acceptors (Lipinski definition) is 2. The van der Waals surface area contributed by atoms with Crippen molar-refractivity contribution in [3.63, 3.8) is 0 Å². The summed E-state index contributed by atoms with van der Waals surface area (Å²) < 4.78 is 0. The van der Waals surface area contributed by atoms with Gasteiger partial charge in [-0.25, -0.2) is 0 Å². The average molecular weight is 2140 g/mol. The fraction of sp³-hybridized carbons (Fsp3) is 0.554. The maximum absolute atomic E-state index is 4.93. The monoisotopic (exact) mass is 2130 g/mol. The van der Waals surface area contributed by atoms with E-state index < -0.39 is 86.8 Å². The predicted octanol–water partition coefficient (Wildman–Crippen LogP) is 38.0. The molecule has 10 aliphatic carbocycles. The van der Waals surface area contributed by atoms with Crippen LogP contribution < -0.4 is 0 Å². The van der Waals surface area contributed by atoms with E-state index in [-0.39, 0.29) is 44.6 Å². The van der Waals surface area contributed by atoms with Crippen molar-refractivity contribution in [2.75, 3.05) is 0 Å². The van der Waals surface area contributed by atoms with E-state index in [1.54, 1.807) is 54.4 Å². The molecule has 0 radical (unpaired) electrons. The first kappa shape index (κ1) is 113. The number of rotatable bonds is 12. The van der Waals surface area contributed by atoms with Crippen LogP contribution in [0.5, 0.6) is 0 Å². The van der Waals surface area contributed by atoms with Crippen LogP contribution in [0.25, 0.3) is 22.3 Å². The number of allylic oxidation sites excluding steroid dienone is 8. The summed E-state index contributed by atoms with van der Waals surface area (Å²) in [4.78, 5) is 3.23. The van der Waals surface area contributed by atoms with E-state index in [4.69, 9.17) is 51.1 Å². The van der Waals surface area contributed by atoms with E-state index >= 15 is 0 Å². The molecule has 688 valence electrons. The van der Waals surface area contributed by atoms with Crippen molar-refractivity contribution in [2.45, 2.75) is 296 Å². The SMILES string of the molecule is CC1=C(c2cc(C)ccc2C)C2CC(C)C([Si](C)(C)C3C(C)CC4C(c5cc(C)ccc5C)=C(C)SC43)C2S1.Cc1ccccc1C1=CCC2C1CC(C)C2[Si](C)(C)C1C(C)CC2C(c3ccccc3C)=CCC21.Cc1ccccc1C1CCCC2C1CC(C)C2[Si](C)(C)C1C(C)CC2C(c3ccccc3C)CCCC21.[CH3-].[CH3-].[CH3-].[CH3-].[CH3-].[CH3-].[Cl][Zr+2][Cl].[Cl][Zr+2][Cl].[Cl][Zr+2][Cl]. The minimum absolute atomic E-state index is 0. The van der Waals surface area contributed by atoms with E-state index in [0.29, 0.717) is 0 Å². The maximum atomic E-state index is 4.93. The molecule has 2 heterocycles. The van der Waals surface area contributed by atoms with Crippen LogP contribution in [-0.4, -0.2) is 34.7 Å². The van der Waals surface area contributed by atoms with E-state index in [1.807, 2.05) is 0 Å². The zero-order valence-electron chi connectivity index (χ0n) is 82.9. The van der Waals surface area contributed by atoms with Gasteiger partial charge in [-0.1, -0.05) is 263 Å². The van der Waals surface area contributed by atoms with Gasteiger partial charge in [-0.2, -0.15) is 0 Å².